The summed E-state index contributed by atoms with van der Waals surface area (Å²) in [6.07, 6.45) is 8.52. The maximum absolute atomic E-state index is 11.9. The maximum atomic E-state index is 11.9. The third kappa shape index (κ3) is 1.28. The highest BCUT2D eigenvalue weighted by atomic mass is 16.2. The molecule has 0 aromatic carbocycles. The number of rotatable bonds is 1. The van der Waals surface area contributed by atoms with Crippen molar-refractivity contribution >= 4 is 5.91 Å². The van der Waals surface area contributed by atoms with Gasteiger partial charge in [-0.25, -0.2) is 0 Å². The van der Waals surface area contributed by atoms with Crippen molar-refractivity contribution in [1.82, 2.24) is 5.32 Å². The van der Waals surface area contributed by atoms with Gasteiger partial charge in [-0.05, 0) is 31.1 Å². The van der Waals surface area contributed by atoms with E-state index in [4.69, 9.17) is 0 Å². The van der Waals surface area contributed by atoms with Crippen LogP contribution in [0.25, 0.3) is 0 Å². The van der Waals surface area contributed by atoms with Crippen molar-refractivity contribution in [3.05, 3.63) is 0 Å². The van der Waals surface area contributed by atoms with Crippen LogP contribution in [0.4, 0.5) is 0 Å². The molecule has 1 spiro atoms. The largest absolute Gasteiger partial charge is 0.350 e. The molecule has 2 nitrogen and oxygen atoms in total. The van der Waals surface area contributed by atoms with Crippen LogP contribution in [0.3, 0.4) is 0 Å². The van der Waals surface area contributed by atoms with Gasteiger partial charge in [0.25, 0.3) is 0 Å². The summed E-state index contributed by atoms with van der Waals surface area (Å²) in [5.74, 6) is 1.95. The van der Waals surface area contributed by atoms with E-state index >= 15 is 0 Å². The van der Waals surface area contributed by atoms with Gasteiger partial charge in [0.1, 0.15) is 0 Å². The molecule has 0 bridgehead atoms. The van der Waals surface area contributed by atoms with E-state index in [1.165, 1.54) is 38.5 Å². The monoisotopic (exact) mass is 221 g/mol. The van der Waals surface area contributed by atoms with Crippen LogP contribution in [0.15, 0.2) is 0 Å². The van der Waals surface area contributed by atoms with Gasteiger partial charge in [-0.15, -0.1) is 0 Å². The highest BCUT2D eigenvalue weighted by molar-refractivity contribution is 5.81. The molecule has 1 aliphatic heterocycles. The molecule has 0 aromatic heterocycles. The average molecular weight is 221 g/mol. The highest BCUT2D eigenvalue weighted by Gasteiger charge is 2.63. The molecular formula is C14H23NO. The Labute approximate surface area is 98.2 Å². The average Bonchev–Trinajstić information content (AvgIpc) is 2.91. The minimum atomic E-state index is 0.164. The van der Waals surface area contributed by atoms with Gasteiger partial charge < -0.3 is 5.32 Å². The normalized spacial score (nSPS) is 45.8. The number of nitrogens with one attached hydrogen (secondary N) is 1. The van der Waals surface area contributed by atoms with Crippen molar-refractivity contribution in [2.75, 3.05) is 0 Å². The van der Waals surface area contributed by atoms with E-state index in [1.54, 1.807) is 0 Å². The standard InChI is InChI=1S/C14H23NO/c1-10-8-11(10)13(2)9-12(16)15-14(13)6-4-3-5-7-14/h10-11H,3-9H2,1-2H3,(H,15,16). The van der Waals surface area contributed by atoms with E-state index in [0.717, 1.165) is 18.3 Å². The van der Waals surface area contributed by atoms with Gasteiger partial charge in [0.2, 0.25) is 5.91 Å². The first-order valence-electron chi connectivity index (χ1n) is 6.88. The Hall–Kier alpha value is -0.530. The van der Waals surface area contributed by atoms with Gasteiger partial charge in [0.15, 0.2) is 0 Å². The van der Waals surface area contributed by atoms with Crippen LogP contribution >= 0.6 is 0 Å². The van der Waals surface area contributed by atoms with Gasteiger partial charge in [-0.1, -0.05) is 33.1 Å². The van der Waals surface area contributed by atoms with Crippen molar-refractivity contribution < 1.29 is 4.79 Å². The first-order chi connectivity index (χ1) is 7.57. The molecule has 90 valence electrons. The van der Waals surface area contributed by atoms with E-state index in [2.05, 4.69) is 19.2 Å². The van der Waals surface area contributed by atoms with Crippen molar-refractivity contribution in [3.63, 3.8) is 0 Å². The fourth-order valence-corrected chi connectivity index (χ4v) is 4.50. The van der Waals surface area contributed by atoms with Gasteiger partial charge in [-0.3, -0.25) is 4.79 Å². The molecule has 1 N–H and O–H groups in total. The molecule has 2 aliphatic carbocycles. The quantitative estimate of drug-likeness (QED) is 0.725. The fourth-order valence-electron chi connectivity index (χ4n) is 4.50. The third-order valence-corrected chi connectivity index (χ3v) is 5.63. The zero-order valence-corrected chi connectivity index (χ0v) is 10.5. The van der Waals surface area contributed by atoms with Gasteiger partial charge in [-0.2, -0.15) is 0 Å². The predicted molar refractivity (Wildman–Crippen MR) is 64.0 cm³/mol. The van der Waals surface area contributed by atoms with Gasteiger partial charge in [0, 0.05) is 17.4 Å². The zero-order chi connectivity index (χ0) is 11.4. The molecule has 3 fully saturated rings. The second kappa shape index (κ2) is 3.24. The summed E-state index contributed by atoms with van der Waals surface area (Å²) in [5, 5.41) is 3.36. The molecule has 2 saturated carbocycles. The molecule has 3 unspecified atom stereocenters. The number of carbonyl (C=O) groups is 1. The predicted octanol–water partition coefficient (Wildman–Crippen LogP) is 2.87. The SMILES string of the molecule is CC1CC1C1(C)CC(=O)NC12CCCCC2. The molecule has 1 saturated heterocycles. The Balaban J connectivity index is 1.92. The second-order valence-corrected chi connectivity index (χ2v) is 6.60. The highest BCUT2D eigenvalue weighted by Crippen LogP contribution is 2.62. The molecule has 1 amide bonds. The van der Waals surface area contributed by atoms with E-state index < -0.39 is 0 Å². The van der Waals surface area contributed by atoms with Crippen molar-refractivity contribution in [3.8, 4) is 0 Å². The van der Waals surface area contributed by atoms with Crippen LogP contribution in [0.2, 0.25) is 0 Å². The molecule has 1 heterocycles. The molecule has 2 heteroatoms. The summed E-state index contributed by atoms with van der Waals surface area (Å²) in [4.78, 5) is 11.9. The van der Waals surface area contributed by atoms with E-state index in [1.807, 2.05) is 0 Å². The lowest BCUT2D eigenvalue weighted by Gasteiger charge is -2.46. The molecule has 3 aliphatic rings. The first-order valence-corrected chi connectivity index (χ1v) is 6.88. The first kappa shape index (κ1) is 10.6. The summed E-state index contributed by atoms with van der Waals surface area (Å²) >= 11 is 0. The molecular weight excluding hydrogens is 198 g/mol. The number of hydrogen-bond donors (Lipinski definition) is 1. The van der Waals surface area contributed by atoms with Crippen LogP contribution in [0.5, 0.6) is 0 Å². The van der Waals surface area contributed by atoms with Crippen molar-refractivity contribution in [2.24, 2.45) is 17.3 Å². The van der Waals surface area contributed by atoms with Gasteiger partial charge in [0.05, 0.1) is 0 Å². The van der Waals surface area contributed by atoms with Crippen LogP contribution in [-0.4, -0.2) is 11.4 Å². The zero-order valence-electron chi connectivity index (χ0n) is 10.5. The summed E-state index contributed by atoms with van der Waals surface area (Å²) < 4.78 is 0. The maximum Gasteiger partial charge on any atom is 0.221 e. The Kier molecular flexibility index (Phi) is 2.15. The Morgan fingerprint density at radius 2 is 1.88 bits per heavy atom. The van der Waals surface area contributed by atoms with Crippen LogP contribution in [0.1, 0.15) is 58.8 Å². The Morgan fingerprint density at radius 3 is 2.44 bits per heavy atom. The lowest BCUT2D eigenvalue weighted by Crippen LogP contribution is -2.53. The molecule has 0 aromatic rings. The fraction of sp³-hybridized carbons (Fsp3) is 0.929. The number of hydrogen-bond acceptors (Lipinski definition) is 1. The second-order valence-electron chi connectivity index (χ2n) is 6.60. The summed E-state index contributed by atoms with van der Waals surface area (Å²) in [7, 11) is 0. The Morgan fingerprint density at radius 1 is 1.25 bits per heavy atom. The lowest BCUT2D eigenvalue weighted by molar-refractivity contribution is -0.120. The van der Waals surface area contributed by atoms with Crippen LogP contribution in [0, 0.1) is 17.3 Å². The lowest BCUT2D eigenvalue weighted by atomic mass is 9.62. The molecule has 3 atom stereocenters. The Bertz CT molecular complexity index is 311. The minimum Gasteiger partial charge on any atom is -0.350 e. The third-order valence-electron chi connectivity index (χ3n) is 5.63. The summed E-state index contributed by atoms with van der Waals surface area (Å²) in [6.45, 7) is 4.72. The number of amides is 1. The summed E-state index contributed by atoms with van der Waals surface area (Å²) in [6, 6.07) is 0. The van der Waals surface area contributed by atoms with Crippen molar-refractivity contribution in [2.45, 2.75) is 64.3 Å². The summed E-state index contributed by atoms with van der Waals surface area (Å²) in [5.41, 5.74) is 0.418. The topological polar surface area (TPSA) is 29.1 Å². The van der Waals surface area contributed by atoms with Crippen molar-refractivity contribution in [1.29, 1.82) is 0 Å². The van der Waals surface area contributed by atoms with Crippen LogP contribution in [-0.2, 0) is 4.79 Å². The molecule has 3 rings (SSSR count). The van der Waals surface area contributed by atoms with Crippen LogP contribution < -0.4 is 5.32 Å². The van der Waals surface area contributed by atoms with E-state index in [-0.39, 0.29) is 11.0 Å². The van der Waals surface area contributed by atoms with E-state index in [0.29, 0.717) is 5.91 Å². The van der Waals surface area contributed by atoms with E-state index in [9.17, 15) is 4.79 Å². The molecule has 16 heavy (non-hydrogen) atoms. The minimum absolute atomic E-state index is 0.164. The smallest absolute Gasteiger partial charge is 0.221 e. The van der Waals surface area contributed by atoms with Gasteiger partial charge >= 0.3 is 0 Å². The molecule has 0 radical (unpaired) electrons. The number of carbonyl (C=O) groups excluding carboxylic acids is 1.